The minimum atomic E-state index is -0.590. The molecule has 0 saturated carbocycles. The molecule has 31 heavy (non-hydrogen) atoms. The maximum atomic E-state index is 12.9. The first-order valence-corrected chi connectivity index (χ1v) is 10.1. The van der Waals surface area contributed by atoms with Gasteiger partial charge in [0.25, 0.3) is 0 Å². The first kappa shape index (κ1) is 22.1. The Bertz CT molecular complexity index is 1050. The van der Waals surface area contributed by atoms with Crippen LogP contribution < -0.4 is 10.1 Å². The standard InChI is InChI=1S/C24H27N3O4/c1-24(2,3)31-23(29)26-20-8-6-5-7-17(20)9-14-21(28)22-25-15-16-27(22)18-10-12-19(30-4)13-11-18/h5-8,10-13,15-16H,9,14H2,1-4H3,(H,26,29). The molecule has 0 aliphatic heterocycles. The number of ether oxygens (including phenoxy) is 2. The molecular formula is C24H27N3O4. The van der Waals surface area contributed by atoms with E-state index in [1.807, 2.05) is 63.2 Å². The molecule has 0 aliphatic rings. The highest BCUT2D eigenvalue weighted by molar-refractivity contribution is 5.94. The van der Waals surface area contributed by atoms with Crippen molar-refractivity contribution in [3.05, 3.63) is 72.3 Å². The smallest absolute Gasteiger partial charge is 0.412 e. The van der Waals surface area contributed by atoms with Gasteiger partial charge in [-0.05, 0) is 63.1 Å². The normalized spacial score (nSPS) is 11.1. The fourth-order valence-corrected chi connectivity index (χ4v) is 3.09. The third-order valence-corrected chi connectivity index (χ3v) is 4.52. The maximum Gasteiger partial charge on any atom is 0.412 e. The summed E-state index contributed by atoms with van der Waals surface area (Å²) >= 11 is 0. The number of Topliss-reactive ketones (excluding diaryl/α,β-unsaturated/α-hetero) is 1. The number of amides is 1. The lowest BCUT2D eigenvalue weighted by molar-refractivity contribution is 0.0635. The molecule has 7 heteroatoms. The number of carbonyl (C=O) groups excluding carboxylic acids is 2. The number of carbonyl (C=O) groups is 2. The molecule has 0 unspecified atom stereocenters. The fourth-order valence-electron chi connectivity index (χ4n) is 3.09. The summed E-state index contributed by atoms with van der Waals surface area (Å²) in [7, 11) is 1.61. The number of ketones is 1. The van der Waals surface area contributed by atoms with Gasteiger partial charge in [0.2, 0.25) is 0 Å². The van der Waals surface area contributed by atoms with Crippen LogP contribution in [0.3, 0.4) is 0 Å². The number of nitrogens with zero attached hydrogens (tertiary/aromatic N) is 2. The molecule has 1 heterocycles. The van der Waals surface area contributed by atoms with E-state index < -0.39 is 11.7 Å². The van der Waals surface area contributed by atoms with Crippen molar-refractivity contribution in [3.8, 4) is 11.4 Å². The monoisotopic (exact) mass is 421 g/mol. The van der Waals surface area contributed by atoms with E-state index in [1.54, 1.807) is 30.1 Å². The highest BCUT2D eigenvalue weighted by atomic mass is 16.6. The van der Waals surface area contributed by atoms with Crippen LogP contribution in [0.2, 0.25) is 0 Å². The van der Waals surface area contributed by atoms with Crippen molar-refractivity contribution >= 4 is 17.6 Å². The number of hydrogen-bond donors (Lipinski definition) is 1. The van der Waals surface area contributed by atoms with Crippen molar-refractivity contribution < 1.29 is 19.1 Å². The quantitative estimate of drug-likeness (QED) is 0.540. The van der Waals surface area contributed by atoms with Crippen molar-refractivity contribution in [3.63, 3.8) is 0 Å². The number of imidazole rings is 1. The number of hydrogen-bond acceptors (Lipinski definition) is 5. The molecule has 0 atom stereocenters. The molecule has 1 N–H and O–H groups in total. The number of benzene rings is 2. The summed E-state index contributed by atoms with van der Waals surface area (Å²) in [6.45, 7) is 5.42. The minimum absolute atomic E-state index is 0.0899. The molecule has 0 radical (unpaired) electrons. The first-order chi connectivity index (χ1) is 14.8. The predicted molar refractivity (Wildman–Crippen MR) is 119 cm³/mol. The highest BCUT2D eigenvalue weighted by Gasteiger charge is 2.18. The summed E-state index contributed by atoms with van der Waals surface area (Å²) in [4.78, 5) is 29.3. The first-order valence-electron chi connectivity index (χ1n) is 10.1. The van der Waals surface area contributed by atoms with Crippen molar-refractivity contribution in [2.24, 2.45) is 0 Å². The van der Waals surface area contributed by atoms with Crippen LogP contribution >= 0.6 is 0 Å². The van der Waals surface area contributed by atoms with E-state index in [4.69, 9.17) is 9.47 Å². The van der Waals surface area contributed by atoms with Crippen LogP contribution in [0.4, 0.5) is 10.5 Å². The van der Waals surface area contributed by atoms with Gasteiger partial charge < -0.3 is 9.47 Å². The van der Waals surface area contributed by atoms with E-state index in [9.17, 15) is 9.59 Å². The molecule has 7 nitrogen and oxygen atoms in total. The molecule has 0 saturated heterocycles. The van der Waals surface area contributed by atoms with Crippen LogP contribution in [-0.4, -0.2) is 34.1 Å². The third kappa shape index (κ3) is 5.94. The van der Waals surface area contributed by atoms with Gasteiger partial charge in [-0.3, -0.25) is 14.7 Å². The minimum Gasteiger partial charge on any atom is -0.497 e. The third-order valence-electron chi connectivity index (χ3n) is 4.52. The van der Waals surface area contributed by atoms with Crippen LogP contribution in [0.1, 0.15) is 43.4 Å². The Morgan fingerprint density at radius 3 is 2.45 bits per heavy atom. The van der Waals surface area contributed by atoms with Crippen LogP contribution in [-0.2, 0) is 11.2 Å². The Balaban J connectivity index is 1.70. The number of aryl methyl sites for hydroxylation is 1. The maximum absolute atomic E-state index is 12.9. The van der Waals surface area contributed by atoms with Crippen LogP contribution in [0, 0.1) is 0 Å². The summed E-state index contributed by atoms with van der Waals surface area (Å²) in [5, 5.41) is 2.77. The molecule has 1 amide bonds. The number of nitrogens with one attached hydrogen (secondary N) is 1. The number of anilines is 1. The Morgan fingerprint density at radius 1 is 1.06 bits per heavy atom. The molecule has 3 rings (SSSR count). The number of para-hydroxylation sites is 1. The molecule has 2 aromatic carbocycles. The summed E-state index contributed by atoms with van der Waals surface area (Å²) in [5.41, 5.74) is 1.72. The van der Waals surface area contributed by atoms with E-state index in [-0.39, 0.29) is 12.2 Å². The second-order valence-electron chi connectivity index (χ2n) is 8.03. The molecule has 162 valence electrons. The van der Waals surface area contributed by atoms with E-state index in [2.05, 4.69) is 10.3 Å². The summed E-state index contributed by atoms with van der Waals surface area (Å²) in [5.74, 6) is 1.02. The second kappa shape index (κ2) is 9.47. The van der Waals surface area contributed by atoms with Gasteiger partial charge in [-0.1, -0.05) is 18.2 Å². The van der Waals surface area contributed by atoms with Crippen molar-refractivity contribution in [2.45, 2.75) is 39.2 Å². The van der Waals surface area contributed by atoms with Gasteiger partial charge in [-0.2, -0.15) is 0 Å². The fraction of sp³-hybridized carbons (Fsp3) is 0.292. The van der Waals surface area contributed by atoms with Gasteiger partial charge in [0.15, 0.2) is 11.6 Å². The van der Waals surface area contributed by atoms with E-state index >= 15 is 0 Å². The summed E-state index contributed by atoms with van der Waals surface area (Å²) in [6.07, 6.45) is 3.55. The van der Waals surface area contributed by atoms with Crippen LogP contribution in [0.25, 0.3) is 5.69 Å². The molecule has 1 aromatic heterocycles. The summed E-state index contributed by atoms with van der Waals surface area (Å²) < 4.78 is 12.3. The van der Waals surface area contributed by atoms with E-state index in [0.29, 0.717) is 17.9 Å². The zero-order valence-electron chi connectivity index (χ0n) is 18.2. The molecule has 0 fully saturated rings. The average Bonchev–Trinajstić information content (AvgIpc) is 3.21. The number of methoxy groups -OCH3 is 1. The predicted octanol–water partition coefficient (Wildman–Crippen LogP) is 5.04. The Kier molecular flexibility index (Phi) is 6.74. The molecule has 0 aliphatic carbocycles. The second-order valence-corrected chi connectivity index (χ2v) is 8.03. The van der Waals surface area contributed by atoms with Gasteiger partial charge >= 0.3 is 6.09 Å². The molecule has 0 spiro atoms. The lowest BCUT2D eigenvalue weighted by Gasteiger charge is -2.20. The zero-order valence-corrected chi connectivity index (χ0v) is 18.2. The topological polar surface area (TPSA) is 82.5 Å². The van der Waals surface area contributed by atoms with Crippen molar-refractivity contribution in [1.29, 1.82) is 0 Å². The molecular weight excluding hydrogens is 394 g/mol. The largest absolute Gasteiger partial charge is 0.497 e. The van der Waals surface area contributed by atoms with Crippen LogP contribution in [0.5, 0.6) is 5.75 Å². The van der Waals surface area contributed by atoms with Crippen LogP contribution in [0.15, 0.2) is 60.9 Å². The van der Waals surface area contributed by atoms with E-state index in [0.717, 1.165) is 17.0 Å². The lowest BCUT2D eigenvalue weighted by atomic mass is 10.1. The number of rotatable bonds is 7. The van der Waals surface area contributed by atoms with Gasteiger partial charge in [0, 0.05) is 30.2 Å². The van der Waals surface area contributed by atoms with Gasteiger partial charge in [0.1, 0.15) is 11.4 Å². The van der Waals surface area contributed by atoms with Gasteiger partial charge in [-0.15, -0.1) is 0 Å². The Hall–Kier alpha value is -3.61. The number of aromatic nitrogens is 2. The SMILES string of the molecule is COc1ccc(-n2ccnc2C(=O)CCc2ccccc2NC(=O)OC(C)(C)C)cc1. The lowest BCUT2D eigenvalue weighted by Crippen LogP contribution is -2.27. The molecule has 0 bridgehead atoms. The van der Waals surface area contributed by atoms with Crippen molar-refractivity contribution in [1.82, 2.24) is 9.55 Å². The van der Waals surface area contributed by atoms with Gasteiger partial charge in [0.05, 0.1) is 7.11 Å². The van der Waals surface area contributed by atoms with Crippen molar-refractivity contribution in [2.75, 3.05) is 12.4 Å². The zero-order chi connectivity index (χ0) is 22.4. The van der Waals surface area contributed by atoms with E-state index in [1.165, 1.54) is 0 Å². The Labute approximate surface area is 182 Å². The summed E-state index contributed by atoms with van der Waals surface area (Å²) in [6, 6.07) is 14.8. The average molecular weight is 421 g/mol. The highest BCUT2D eigenvalue weighted by Crippen LogP contribution is 2.21. The molecule has 3 aromatic rings. The Morgan fingerprint density at radius 2 is 1.77 bits per heavy atom. The van der Waals surface area contributed by atoms with Gasteiger partial charge in [-0.25, -0.2) is 9.78 Å².